The van der Waals surface area contributed by atoms with Gasteiger partial charge in [-0.15, -0.1) is 11.3 Å². The van der Waals surface area contributed by atoms with E-state index >= 15 is 0 Å². The van der Waals surface area contributed by atoms with Gasteiger partial charge >= 0.3 is 11.9 Å². The molecule has 4 rings (SSSR count). The van der Waals surface area contributed by atoms with Crippen LogP contribution in [0.3, 0.4) is 0 Å². The van der Waals surface area contributed by atoms with Gasteiger partial charge in [0.25, 0.3) is 5.91 Å². The molecule has 0 bridgehead atoms. The molecular weight excluding hydrogens is 434 g/mol. The predicted molar refractivity (Wildman–Crippen MR) is 119 cm³/mol. The van der Waals surface area contributed by atoms with E-state index in [1.165, 1.54) is 12.0 Å². The molecule has 1 aliphatic rings. The van der Waals surface area contributed by atoms with Gasteiger partial charge in [0.1, 0.15) is 15.5 Å². The summed E-state index contributed by atoms with van der Waals surface area (Å²) in [5, 5.41) is 0.710. The highest BCUT2D eigenvalue weighted by atomic mass is 32.1. The Morgan fingerprint density at radius 1 is 1.28 bits per heavy atom. The van der Waals surface area contributed by atoms with Gasteiger partial charge in [0.2, 0.25) is 6.10 Å². The van der Waals surface area contributed by atoms with Gasteiger partial charge < -0.3 is 24.8 Å². The van der Waals surface area contributed by atoms with Crippen LogP contribution in [0.25, 0.3) is 10.2 Å². The average Bonchev–Trinajstić information content (AvgIpc) is 3.12. The van der Waals surface area contributed by atoms with Crippen LogP contribution in [-0.2, 0) is 19.1 Å². The van der Waals surface area contributed by atoms with Crippen LogP contribution in [0.5, 0.6) is 5.75 Å². The first kappa shape index (κ1) is 21.6. The smallest absolute Gasteiger partial charge is 0.351 e. The zero-order chi connectivity index (χ0) is 23.0. The van der Waals surface area contributed by atoms with E-state index in [1.54, 1.807) is 24.3 Å². The van der Waals surface area contributed by atoms with E-state index in [2.05, 4.69) is 4.98 Å². The van der Waals surface area contributed by atoms with Crippen LogP contribution in [0.1, 0.15) is 20.9 Å². The van der Waals surface area contributed by atoms with Crippen molar-refractivity contribution >= 4 is 50.8 Å². The summed E-state index contributed by atoms with van der Waals surface area (Å²) in [6.45, 7) is 3.17. The molecule has 3 aromatic rings. The molecule has 0 saturated heterocycles. The number of aryl methyl sites for hydroxylation is 2. The number of amides is 1. The van der Waals surface area contributed by atoms with Gasteiger partial charge in [0.05, 0.1) is 25.0 Å². The SMILES string of the molecule is COC(=O)[C@H]1CN(C(=O)COC(=O)c2sc3nc(C)cc(C)c3c2N)c2ccccc2O1. The second-order valence-electron chi connectivity index (χ2n) is 7.28. The van der Waals surface area contributed by atoms with Gasteiger partial charge in [-0.2, -0.15) is 0 Å². The minimum absolute atomic E-state index is 0.0620. The van der Waals surface area contributed by atoms with Crippen molar-refractivity contribution < 1.29 is 28.6 Å². The molecule has 0 radical (unpaired) electrons. The Hall–Kier alpha value is -3.66. The second-order valence-corrected chi connectivity index (χ2v) is 8.28. The Bertz CT molecular complexity index is 1240. The van der Waals surface area contributed by atoms with Crippen molar-refractivity contribution in [3.8, 4) is 5.75 Å². The number of pyridine rings is 1. The van der Waals surface area contributed by atoms with Crippen LogP contribution in [0.4, 0.5) is 11.4 Å². The Kier molecular flexibility index (Phi) is 5.70. The number of nitrogens with two attached hydrogens (primary N) is 1. The highest BCUT2D eigenvalue weighted by Crippen LogP contribution is 2.36. The molecule has 10 heteroatoms. The van der Waals surface area contributed by atoms with Crippen LogP contribution in [0.2, 0.25) is 0 Å². The Morgan fingerprint density at radius 3 is 2.78 bits per heavy atom. The first-order valence-corrected chi connectivity index (χ1v) is 10.6. The number of esters is 2. The third-order valence-electron chi connectivity index (χ3n) is 5.08. The fourth-order valence-electron chi connectivity index (χ4n) is 3.62. The van der Waals surface area contributed by atoms with Crippen LogP contribution >= 0.6 is 11.3 Å². The number of fused-ring (bicyclic) bond motifs is 2. The minimum atomic E-state index is -0.981. The summed E-state index contributed by atoms with van der Waals surface area (Å²) in [5.41, 5.74) is 8.67. The number of ether oxygens (including phenoxy) is 3. The molecule has 0 spiro atoms. The lowest BCUT2D eigenvalue weighted by atomic mass is 10.1. The van der Waals surface area contributed by atoms with Gasteiger partial charge in [-0.1, -0.05) is 12.1 Å². The minimum Gasteiger partial charge on any atom is -0.475 e. The monoisotopic (exact) mass is 455 g/mol. The molecule has 2 N–H and O–H groups in total. The van der Waals surface area contributed by atoms with Gasteiger partial charge in [0, 0.05) is 11.1 Å². The molecule has 0 aliphatic carbocycles. The molecule has 3 heterocycles. The van der Waals surface area contributed by atoms with Crippen LogP contribution in [0.15, 0.2) is 30.3 Å². The third-order valence-corrected chi connectivity index (χ3v) is 6.15. The topological polar surface area (TPSA) is 121 Å². The summed E-state index contributed by atoms with van der Waals surface area (Å²) in [7, 11) is 1.24. The van der Waals surface area contributed by atoms with Crippen LogP contribution in [-0.4, -0.2) is 49.2 Å². The molecule has 1 aliphatic heterocycles. The molecule has 166 valence electrons. The number of nitrogens with zero attached hydrogens (tertiary/aromatic N) is 2. The fraction of sp³-hybridized carbons (Fsp3) is 0.273. The summed E-state index contributed by atoms with van der Waals surface area (Å²) in [6, 6.07) is 8.68. The average molecular weight is 455 g/mol. The molecule has 1 atom stereocenters. The van der Waals surface area contributed by atoms with Crippen molar-refractivity contribution in [2.45, 2.75) is 20.0 Å². The lowest BCUT2D eigenvalue weighted by Gasteiger charge is -2.33. The molecule has 32 heavy (non-hydrogen) atoms. The van der Waals surface area contributed by atoms with E-state index in [1.807, 2.05) is 19.9 Å². The van der Waals surface area contributed by atoms with E-state index in [4.69, 9.17) is 19.9 Å². The summed E-state index contributed by atoms with van der Waals surface area (Å²) in [6.07, 6.45) is -0.981. The number of anilines is 2. The predicted octanol–water partition coefficient (Wildman–Crippen LogP) is 2.62. The number of benzene rings is 1. The number of hydrogen-bond donors (Lipinski definition) is 1. The Labute approximate surface area is 187 Å². The summed E-state index contributed by atoms with van der Waals surface area (Å²) in [5.74, 6) is -1.46. The van der Waals surface area contributed by atoms with Crippen molar-refractivity contribution in [1.29, 1.82) is 0 Å². The zero-order valence-corrected chi connectivity index (χ0v) is 18.5. The van der Waals surface area contributed by atoms with Crippen molar-refractivity contribution in [3.63, 3.8) is 0 Å². The molecule has 0 saturated carbocycles. The van der Waals surface area contributed by atoms with E-state index < -0.39 is 30.6 Å². The molecule has 9 nitrogen and oxygen atoms in total. The summed E-state index contributed by atoms with van der Waals surface area (Å²) < 4.78 is 15.7. The third kappa shape index (κ3) is 3.84. The molecule has 1 amide bonds. The lowest BCUT2D eigenvalue weighted by Crippen LogP contribution is -2.48. The van der Waals surface area contributed by atoms with Gasteiger partial charge in [-0.05, 0) is 37.6 Å². The van der Waals surface area contributed by atoms with E-state index in [0.717, 1.165) is 22.6 Å². The van der Waals surface area contributed by atoms with Gasteiger partial charge in [-0.25, -0.2) is 14.6 Å². The summed E-state index contributed by atoms with van der Waals surface area (Å²) in [4.78, 5) is 44.2. The number of aromatic nitrogens is 1. The lowest BCUT2D eigenvalue weighted by molar-refractivity contribution is -0.148. The van der Waals surface area contributed by atoms with E-state index in [0.29, 0.717) is 21.7 Å². The number of carbonyl (C=O) groups is 3. The largest absolute Gasteiger partial charge is 0.475 e. The Balaban J connectivity index is 1.53. The first-order chi connectivity index (χ1) is 15.3. The number of rotatable bonds is 4. The van der Waals surface area contributed by atoms with Crippen molar-refractivity contribution in [3.05, 3.63) is 46.5 Å². The van der Waals surface area contributed by atoms with E-state index in [-0.39, 0.29) is 17.1 Å². The maximum atomic E-state index is 12.9. The second kappa shape index (κ2) is 8.46. The van der Waals surface area contributed by atoms with Crippen LogP contribution in [0, 0.1) is 13.8 Å². The Morgan fingerprint density at radius 2 is 2.03 bits per heavy atom. The quantitative estimate of drug-likeness (QED) is 0.596. The number of thiophene rings is 1. The highest BCUT2D eigenvalue weighted by molar-refractivity contribution is 7.21. The number of hydrogen-bond acceptors (Lipinski definition) is 9. The molecule has 0 fully saturated rings. The van der Waals surface area contributed by atoms with Crippen molar-refractivity contribution in [2.24, 2.45) is 0 Å². The number of nitrogen functional groups attached to an aromatic ring is 1. The van der Waals surface area contributed by atoms with Crippen molar-refractivity contribution in [1.82, 2.24) is 4.98 Å². The molecule has 2 aromatic heterocycles. The maximum absolute atomic E-state index is 12.9. The van der Waals surface area contributed by atoms with Crippen molar-refractivity contribution in [2.75, 3.05) is 30.9 Å². The summed E-state index contributed by atoms with van der Waals surface area (Å²) >= 11 is 1.13. The van der Waals surface area contributed by atoms with Gasteiger partial charge in [0.15, 0.2) is 6.61 Å². The van der Waals surface area contributed by atoms with E-state index in [9.17, 15) is 14.4 Å². The van der Waals surface area contributed by atoms with Crippen LogP contribution < -0.4 is 15.4 Å². The number of carbonyl (C=O) groups excluding carboxylic acids is 3. The molecule has 1 aromatic carbocycles. The fourth-order valence-corrected chi connectivity index (χ4v) is 4.73. The molecule has 0 unspecified atom stereocenters. The maximum Gasteiger partial charge on any atom is 0.351 e. The number of methoxy groups -OCH3 is 1. The zero-order valence-electron chi connectivity index (χ0n) is 17.7. The van der Waals surface area contributed by atoms with Gasteiger partial charge in [-0.3, -0.25) is 4.79 Å². The highest BCUT2D eigenvalue weighted by Gasteiger charge is 2.35. The standard InChI is InChI=1S/C22H21N3O6S/c1-11-8-12(2)24-20-17(11)18(23)19(32-20)22(28)30-10-16(26)25-9-15(21(27)29-3)31-14-7-5-4-6-13(14)25/h4-8,15H,9-10,23H2,1-3H3/t15-/m1/s1. The molecular formula is C22H21N3O6S. The normalized spacial score (nSPS) is 15.1. The first-order valence-electron chi connectivity index (χ1n) is 9.77. The number of para-hydroxylation sites is 2.